The maximum atomic E-state index is 13.0. The molecule has 1 aliphatic carbocycles. The number of nitrogens with zero attached hydrogens (tertiary/aromatic N) is 1. The molecule has 0 fully saturated rings. The Bertz CT molecular complexity index is 1340. The van der Waals surface area contributed by atoms with E-state index in [-0.39, 0.29) is 18.3 Å². The Balaban J connectivity index is 0.00000289. The maximum Gasteiger partial charge on any atom is 0.251 e. The molecule has 3 nitrogen and oxygen atoms in total. The van der Waals surface area contributed by atoms with Crippen LogP contribution in [0.4, 0.5) is 5.69 Å². The number of aryl methyl sites for hydroxylation is 2. The summed E-state index contributed by atoms with van der Waals surface area (Å²) in [6.45, 7) is 2.98. The number of anilines is 1. The fourth-order valence-electron chi connectivity index (χ4n) is 4.47. The van der Waals surface area contributed by atoms with Crippen LogP contribution in [0.1, 0.15) is 35.6 Å². The number of hydrogen-bond donors (Lipinski definition) is 1. The summed E-state index contributed by atoms with van der Waals surface area (Å²) >= 11 is 0. The van der Waals surface area contributed by atoms with Crippen molar-refractivity contribution in [3.63, 3.8) is 0 Å². The van der Waals surface area contributed by atoms with Crippen LogP contribution in [0.3, 0.4) is 0 Å². The Labute approximate surface area is 213 Å². The van der Waals surface area contributed by atoms with Crippen molar-refractivity contribution in [2.24, 2.45) is 0 Å². The van der Waals surface area contributed by atoms with Gasteiger partial charge >= 0.3 is 0 Å². The fourth-order valence-corrected chi connectivity index (χ4v) is 4.47. The van der Waals surface area contributed by atoms with Crippen molar-refractivity contribution in [3.05, 3.63) is 125 Å². The van der Waals surface area contributed by atoms with Crippen LogP contribution in [0.15, 0.2) is 103 Å². The molecule has 4 aromatic rings. The number of carbonyl (C=O) groups is 1. The lowest BCUT2D eigenvalue weighted by atomic mass is 9.89. The van der Waals surface area contributed by atoms with Crippen LogP contribution >= 0.6 is 0 Å². The van der Waals surface area contributed by atoms with Crippen LogP contribution < -0.4 is 22.3 Å². The van der Waals surface area contributed by atoms with E-state index in [9.17, 15) is 4.79 Å². The second kappa shape index (κ2) is 11.2. The van der Waals surface area contributed by atoms with E-state index in [4.69, 9.17) is 0 Å². The van der Waals surface area contributed by atoms with Crippen LogP contribution in [0, 0.1) is 0 Å². The van der Waals surface area contributed by atoms with E-state index < -0.39 is 0 Å². The third-order valence-corrected chi connectivity index (χ3v) is 6.44. The first-order chi connectivity index (χ1) is 16.7. The molecule has 5 rings (SSSR count). The number of halogens is 1. The van der Waals surface area contributed by atoms with E-state index >= 15 is 0 Å². The smallest absolute Gasteiger partial charge is 0.251 e. The molecule has 0 saturated carbocycles. The Hall–Kier alpha value is -3.69. The van der Waals surface area contributed by atoms with Gasteiger partial charge in [-0.1, -0.05) is 61.5 Å². The molecule has 0 spiro atoms. The fraction of sp³-hybridized carbons (Fsp3) is 0.161. The van der Waals surface area contributed by atoms with Crippen LogP contribution in [0.25, 0.3) is 17.2 Å². The summed E-state index contributed by atoms with van der Waals surface area (Å²) in [6.07, 6.45) is 8.99. The van der Waals surface area contributed by atoms with Crippen molar-refractivity contribution in [2.45, 2.75) is 32.7 Å². The number of hydrogen-bond acceptors (Lipinski definition) is 1. The standard InChI is InChI=1S/C31H28N2O.ClH/c1-2-23-7-6-18-33(21-23)22-24-10-16-30(17-11-24)32-31(34)28-15-13-26-12-14-27(19-29(26)20-28)25-8-4-3-5-9-25;/h3-12,14,16-21H,2,13,15,22H2,1H3;1H. The lowest BCUT2D eigenvalue weighted by Crippen LogP contribution is -3.00. The molecule has 0 unspecified atom stereocenters. The van der Waals surface area contributed by atoms with Crippen molar-refractivity contribution in [2.75, 3.05) is 5.32 Å². The number of benzene rings is 3. The second-order valence-corrected chi connectivity index (χ2v) is 8.84. The highest BCUT2D eigenvalue weighted by Crippen LogP contribution is 2.29. The van der Waals surface area contributed by atoms with Gasteiger partial charge in [-0.2, -0.15) is 0 Å². The summed E-state index contributed by atoms with van der Waals surface area (Å²) in [4.78, 5) is 13.0. The molecule has 4 heteroatoms. The highest BCUT2D eigenvalue weighted by Gasteiger charge is 2.17. The number of rotatable bonds is 6. The van der Waals surface area contributed by atoms with Gasteiger partial charge in [0.2, 0.25) is 0 Å². The average Bonchev–Trinajstić information content (AvgIpc) is 2.90. The third kappa shape index (κ3) is 5.87. The molecule has 0 saturated heterocycles. The molecule has 1 N–H and O–H groups in total. The van der Waals surface area contributed by atoms with Crippen LogP contribution in [0.5, 0.6) is 0 Å². The number of amides is 1. The van der Waals surface area contributed by atoms with Crippen LogP contribution in [-0.2, 0) is 24.2 Å². The minimum absolute atomic E-state index is 0. The monoisotopic (exact) mass is 480 g/mol. The SMILES string of the molecule is CCc1ccc[n+](Cc2ccc(NC(=O)C3=Cc4cc(-c5ccccc5)ccc4CC3)cc2)c1.[Cl-]. The van der Waals surface area contributed by atoms with Gasteiger partial charge in [0.05, 0.1) is 0 Å². The van der Waals surface area contributed by atoms with Crippen molar-refractivity contribution in [1.82, 2.24) is 0 Å². The zero-order chi connectivity index (χ0) is 23.3. The van der Waals surface area contributed by atoms with Gasteiger partial charge in [0, 0.05) is 28.5 Å². The molecule has 0 bridgehead atoms. The van der Waals surface area contributed by atoms with Crippen molar-refractivity contribution < 1.29 is 21.8 Å². The van der Waals surface area contributed by atoms with E-state index in [1.54, 1.807) is 0 Å². The number of carbonyl (C=O) groups excluding carboxylic acids is 1. The van der Waals surface area contributed by atoms with Gasteiger partial charge in [0.25, 0.3) is 5.91 Å². The summed E-state index contributed by atoms with van der Waals surface area (Å²) < 4.78 is 2.19. The summed E-state index contributed by atoms with van der Waals surface area (Å²) in [7, 11) is 0. The number of nitrogens with one attached hydrogen (secondary N) is 1. The number of pyridine rings is 1. The molecule has 176 valence electrons. The van der Waals surface area contributed by atoms with E-state index in [0.717, 1.165) is 42.6 Å². The highest BCUT2D eigenvalue weighted by molar-refractivity contribution is 6.07. The Morgan fingerprint density at radius 1 is 0.857 bits per heavy atom. The van der Waals surface area contributed by atoms with Crippen molar-refractivity contribution in [1.29, 1.82) is 0 Å². The molecule has 3 aromatic carbocycles. The summed E-state index contributed by atoms with van der Waals surface area (Å²) in [5, 5.41) is 3.08. The summed E-state index contributed by atoms with van der Waals surface area (Å²) in [6, 6.07) is 29.3. The molecule has 0 atom stereocenters. The minimum atomic E-state index is -0.0199. The quantitative estimate of drug-likeness (QED) is 0.422. The predicted octanol–water partition coefficient (Wildman–Crippen LogP) is 3.22. The lowest BCUT2D eigenvalue weighted by molar-refractivity contribution is -0.688. The second-order valence-electron chi connectivity index (χ2n) is 8.84. The van der Waals surface area contributed by atoms with E-state index in [2.05, 4.69) is 95.9 Å². The normalized spacial score (nSPS) is 12.2. The van der Waals surface area contributed by atoms with Gasteiger partial charge in [-0.3, -0.25) is 4.79 Å². The molecule has 1 heterocycles. The molecule has 1 amide bonds. The Morgan fingerprint density at radius 2 is 1.66 bits per heavy atom. The van der Waals surface area contributed by atoms with E-state index in [1.165, 1.54) is 27.8 Å². The highest BCUT2D eigenvalue weighted by atomic mass is 35.5. The van der Waals surface area contributed by atoms with Gasteiger partial charge in [0.15, 0.2) is 18.9 Å². The zero-order valence-corrected chi connectivity index (χ0v) is 20.6. The average molecular weight is 481 g/mol. The molecular weight excluding hydrogens is 452 g/mol. The van der Waals surface area contributed by atoms with Gasteiger partial charge in [0.1, 0.15) is 0 Å². The Morgan fingerprint density at radius 3 is 2.43 bits per heavy atom. The molecule has 1 aromatic heterocycles. The topological polar surface area (TPSA) is 33.0 Å². The van der Waals surface area contributed by atoms with Gasteiger partial charge in [-0.25, -0.2) is 4.57 Å². The first-order valence-electron chi connectivity index (χ1n) is 11.9. The maximum absolute atomic E-state index is 13.0. The first-order valence-corrected chi connectivity index (χ1v) is 11.9. The molecule has 0 aliphatic heterocycles. The summed E-state index contributed by atoms with van der Waals surface area (Å²) in [5.74, 6) is -0.0199. The van der Waals surface area contributed by atoms with Crippen molar-refractivity contribution in [3.8, 4) is 11.1 Å². The zero-order valence-electron chi connectivity index (χ0n) is 19.9. The minimum Gasteiger partial charge on any atom is -1.00 e. The van der Waals surface area contributed by atoms with Gasteiger partial charge in [-0.05, 0) is 71.9 Å². The Kier molecular flexibility index (Phi) is 7.79. The third-order valence-electron chi connectivity index (χ3n) is 6.44. The molecular formula is C31H29ClN2O. The molecule has 1 aliphatic rings. The molecule has 35 heavy (non-hydrogen) atoms. The van der Waals surface area contributed by atoms with E-state index in [1.807, 2.05) is 24.3 Å². The van der Waals surface area contributed by atoms with Gasteiger partial charge < -0.3 is 17.7 Å². The van der Waals surface area contributed by atoms with E-state index in [0.29, 0.717) is 0 Å². The predicted molar refractivity (Wildman–Crippen MR) is 138 cm³/mol. The largest absolute Gasteiger partial charge is 1.00 e. The van der Waals surface area contributed by atoms with Crippen molar-refractivity contribution >= 4 is 17.7 Å². The first kappa shape index (κ1) is 24.4. The summed E-state index contributed by atoms with van der Waals surface area (Å²) in [5.41, 5.74) is 8.98. The number of fused-ring (bicyclic) bond motifs is 1. The number of aromatic nitrogens is 1. The van der Waals surface area contributed by atoms with Gasteiger partial charge in [-0.15, -0.1) is 0 Å². The lowest BCUT2D eigenvalue weighted by Gasteiger charge is -2.17. The van der Waals surface area contributed by atoms with Crippen LogP contribution in [-0.4, -0.2) is 5.91 Å². The molecule has 0 radical (unpaired) electrons. The van der Waals surface area contributed by atoms with Crippen LogP contribution in [0.2, 0.25) is 0 Å².